The van der Waals surface area contributed by atoms with E-state index in [0.29, 0.717) is 0 Å². The number of hydrogen-bond donors (Lipinski definition) is 0. The van der Waals surface area contributed by atoms with Crippen molar-refractivity contribution in [2.75, 3.05) is 0 Å². The van der Waals surface area contributed by atoms with E-state index in [2.05, 4.69) is 161 Å². The van der Waals surface area contributed by atoms with Crippen molar-refractivity contribution in [2.24, 2.45) is 0 Å². The zero-order chi connectivity index (χ0) is 34.1. The fraction of sp³-hybridized carbons (Fsp3) is 0. The van der Waals surface area contributed by atoms with E-state index in [1.165, 1.54) is 82.5 Å². The van der Waals surface area contributed by atoms with Crippen LogP contribution in [0.3, 0.4) is 0 Å². The lowest BCUT2D eigenvalue weighted by Crippen LogP contribution is -2.59. The van der Waals surface area contributed by atoms with Crippen LogP contribution >= 0.6 is 0 Å². The average molecular weight is 673 g/mol. The minimum absolute atomic E-state index is 0.00968. The predicted molar refractivity (Wildman–Crippen MR) is 220 cm³/mol. The molecular formula is C48H25BN2O2. The van der Waals surface area contributed by atoms with Crippen LogP contribution in [0.4, 0.5) is 0 Å². The van der Waals surface area contributed by atoms with Gasteiger partial charge in [0, 0.05) is 43.7 Å². The number of nitrogens with zero attached hydrogens (tertiary/aromatic N) is 2. The quantitative estimate of drug-likeness (QED) is 0.163. The molecule has 0 saturated heterocycles. The topological polar surface area (TPSA) is 36.1 Å². The standard InChI is InChI=1S/C48H25BN2O2/c1-2-11-26(12-3-1)27-21-22-37-33(23-27)43-46-35(25-32-29-14-6-9-20-41(29)53-48(32)43)49-34-24-31-28-13-5-8-19-40(28)52-47(31)42-30-15-4-7-16-36(30)50(45(34)42)38-17-10-18-39(44(38)49)51(37)46/h1-25H. The van der Waals surface area contributed by atoms with Gasteiger partial charge in [0.1, 0.15) is 22.3 Å². The molecule has 0 unspecified atom stereocenters. The molecule has 5 heteroatoms. The van der Waals surface area contributed by atoms with Crippen LogP contribution in [0.15, 0.2) is 160 Å². The van der Waals surface area contributed by atoms with Crippen LogP contribution in [0.2, 0.25) is 0 Å². The maximum atomic E-state index is 6.87. The molecule has 8 aromatic carbocycles. The van der Waals surface area contributed by atoms with Crippen molar-refractivity contribution < 1.29 is 8.83 Å². The Hall–Kier alpha value is -6.98. The van der Waals surface area contributed by atoms with Crippen molar-refractivity contribution in [3.63, 3.8) is 0 Å². The molecule has 242 valence electrons. The van der Waals surface area contributed by atoms with Gasteiger partial charge in [0.25, 0.3) is 6.71 Å². The zero-order valence-corrected chi connectivity index (χ0v) is 28.2. The molecule has 0 N–H and O–H groups in total. The summed E-state index contributed by atoms with van der Waals surface area (Å²) in [5.74, 6) is 0. The first-order valence-corrected chi connectivity index (χ1v) is 18.3. The summed E-state index contributed by atoms with van der Waals surface area (Å²) in [5.41, 5.74) is 17.4. The Morgan fingerprint density at radius 2 is 0.943 bits per heavy atom. The van der Waals surface area contributed by atoms with Gasteiger partial charge in [-0.1, -0.05) is 109 Å². The number of fused-ring (bicyclic) bond motifs is 18. The molecule has 4 nitrogen and oxygen atoms in total. The molecule has 0 atom stereocenters. The summed E-state index contributed by atoms with van der Waals surface area (Å²) >= 11 is 0. The van der Waals surface area contributed by atoms with Gasteiger partial charge in [-0.15, -0.1) is 0 Å². The summed E-state index contributed by atoms with van der Waals surface area (Å²) in [6.45, 7) is -0.00968. The van der Waals surface area contributed by atoms with Crippen molar-refractivity contribution in [1.82, 2.24) is 9.13 Å². The van der Waals surface area contributed by atoms with Crippen LogP contribution < -0.4 is 16.4 Å². The maximum Gasteiger partial charge on any atom is 0.252 e. The Labute approximate surface area is 301 Å². The highest BCUT2D eigenvalue weighted by molar-refractivity contribution is 7.00. The molecule has 0 saturated carbocycles. The zero-order valence-electron chi connectivity index (χ0n) is 28.2. The third kappa shape index (κ3) is 3.06. The molecule has 0 amide bonds. The van der Waals surface area contributed by atoms with Gasteiger partial charge >= 0.3 is 0 Å². The average Bonchev–Trinajstić information content (AvgIpc) is 3.96. The molecule has 0 fully saturated rings. The Morgan fingerprint density at radius 3 is 1.60 bits per heavy atom. The lowest BCUT2D eigenvalue weighted by Gasteiger charge is -2.33. The normalized spacial score (nSPS) is 13.2. The van der Waals surface area contributed by atoms with E-state index < -0.39 is 0 Å². The summed E-state index contributed by atoms with van der Waals surface area (Å²) in [6.07, 6.45) is 0. The molecule has 0 radical (unpaired) electrons. The van der Waals surface area contributed by atoms with E-state index in [4.69, 9.17) is 8.83 Å². The Bertz CT molecular complexity index is 3640. The largest absolute Gasteiger partial charge is 0.455 e. The summed E-state index contributed by atoms with van der Waals surface area (Å²) in [6, 6.07) is 55.2. The Balaban J connectivity index is 1.23. The molecular weight excluding hydrogens is 647 g/mol. The second-order valence-electron chi connectivity index (χ2n) is 14.8. The second kappa shape index (κ2) is 9.08. The van der Waals surface area contributed by atoms with E-state index in [9.17, 15) is 0 Å². The molecule has 4 aromatic heterocycles. The van der Waals surface area contributed by atoms with Crippen molar-refractivity contribution in [1.29, 1.82) is 0 Å². The molecule has 2 aliphatic rings. The van der Waals surface area contributed by atoms with Gasteiger partial charge in [-0.3, -0.25) is 0 Å². The Morgan fingerprint density at radius 1 is 0.396 bits per heavy atom. The van der Waals surface area contributed by atoms with E-state index in [-0.39, 0.29) is 6.71 Å². The van der Waals surface area contributed by atoms with Crippen LogP contribution in [0.1, 0.15) is 0 Å². The number of benzene rings is 8. The molecule has 6 heterocycles. The van der Waals surface area contributed by atoms with Gasteiger partial charge in [-0.25, -0.2) is 0 Å². The number of furan rings is 2. The number of aromatic nitrogens is 2. The van der Waals surface area contributed by atoms with E-state index in [1.807, 2.05) is 0 Å². The van der Waals surface area contributed by atoms with Crippen LogP contribution in [0.5, 0.6) is 0 Å². The van der Waals surface area contributed by atoms with Gasteiger partial charge in [0.2, 0.25) is 0 Å². The highest BCUT2D eigenvalue weighted by atomic mass is 16.3. The summed E-state index contributed by atoms with van der Waals surface area (Å²) in [4.78, 5) is 0. The van der Waals surface area contributed by atoms with Gasteiger partial charge < -0.3 is 18.0 Å². The van der Waals surface area contributed by atoms with Crippen molar-refractivity contribution in [3.05, 3.63) is 152 Å². The second-order valence-corrected chi connectivity index (χ2v) is 14.8. The minimum Gasteiger partial charge on any atom is -0.455 e. The monoisotopic (exact) mass is 672 g/mol. The number of hydrogen-bond acceptors (Lipinski definition) is 2. The van der Waals surface area contributed by atoms with Crippen molar-refractivity contribution >= 4 is 111 Å². The van der Waals surface area contributed by atoms with Gasteiger partial charge in [0.15, 0.2) is 0 Å². The highest BCUT2D eigenvalue weighted by Gasteiger charge is 2.42. The smallest absolute Gasteiger partial charge is 0.252 e. The first kappa shape index (κ1) is 26.8. The lowest BCUT2D eigenvalue weighted by atomic mass is 9.34. The van der Waals surface area contributed by atoms with Crippen LogP contribution in [-0.2, 0) is 0 Å². The third-order valence-electron chi connectivity index (χ3n) is 12.3. The molecule has 0 spiro atoms. The summed E-state index contributed by atoms with van der Waals surface area (Å²) < 4.78 is 18.7. The van der Waals surface area contributed by atoms with Gasteiger partial charge in [0.05, 0.1) is 32.8 Å². The first-order valence-electron chi connectivity index (χ1n) is 18.3. The highest BCUT2D eigenvalue weighted by Crippen LogP contribution is 2.46. The fourth-order valence-corrected chi connectivity index (χ4v) is 10.2. The molecule has 0 bridgehead atoms. The summed E-state index contributed by atoms with van der Waals surface area (Å²) in [5, 5.41) is 9.39. The lowest BCUT2D eigenvalue weighted by molar-refractivity contribution is 0.672. The number of rotatable bonds is 1. The molecule has 14 rings (SSSR count). The number of para-hydroxylation sites is 3. The third-order valence-corrected chi connectivity index (χ3v) is 12.3. The van der Waals surface area contributed by atoms with E-state index in [0.717, 1.165) is 43.9 Å². The molecule has 0 aliphatic carbocycles. The summed E-state index contributed by atoms with van der Waals surface area (Å²) in [7, 11) is 0. The van der Waals surface area contributed by atoms with E-state index in [1.54, 1.807) is 0 Å². The van der Waals surface area contributed by atoms with Crippen LogP contribution in [0.25, 0.3) is 110 Å². The fourth-order valence-electron chi connectivity index (χ4n) is 10.2. The predicted octanol–water partition coefficient (Wildman–Crippen LogP) is 10.5. The van der Waals surface area contributed by atoms with Gasteiger partial charge in [-0.2, -0.15) is 0 Å². The van der Waals surface area contributed by atoms with Crippen LogP contribution in [-0.4, -0.2) is 15.8 Å². The van der Waals surface area contributed by atoms with Crippen molar-refractivity contribution in [2.45, 2.75) is 0 Å². The molecule has 2 aliphatic heterocycles. The maximum absolute atomic E-state index is 6.87. The Kier molecular flexibility index (Phi) is 4.59. The van der Waals surface area contributed by atoms with Gasteiger partial charge in [-0.05, 0) is 70.0 Å². The van der Waals surface area contributed by atoms with E-state index >= 15 is 0 Å². The first-order chi connectivity index (χ1) is 26.3. The van der Waals surface area contributed by atoms with Crippen molar-refractivity contribution in [3.8, 4) is 22.5 Å². The minimum atomic E-state index is -0.00968. The van der Waals surface area contributed by atoms with Crippen LogP contribution in [0, 0.1) is 0 Å². The molecule has 53 heavy (non-hydrogen) atoms. The molecule has 12 aromatic rings. The SMILES string of the molecule is c1ccc(-c2ccc3c(c2)c2c4oc5ccccc5c4cc4c2n3-c2cccc3c2B4c2cc4c5ccccc5oc4c4c5ccccc5n-3c24)cc1.